The lowest BCUT2D eigenvalue weighted by Crippen LogP contribution is -2.23. The molecule has 2 N–H and O–H groups in total. The molecular weight excluding hydrogens is 368 g/mol. The highest BCUT2D eigenvalue weighted by Gasteiger charge is 2.29. The number of H-pyrrole nitrogens is 2. The lowest BCUT2D eigenvalue weighted by atomic mass is 9.85. The van der Waals surface area contributed by atoms with Crippen molar-refractivity contribution >= 4 is 43.6 Å². The number of hydrogen-bond donors (Lipinski definition) is 2. The predicted octanol–water partition coefficient (Wildman–Crippen LogP) is 3.38. The molecule has 1 aliphatic rings. The molecule has 0 fully saturated rings. The van der Waals surface area contributed by atoms with Crippen molar-refractivity contribution in [3.63, 3.8) is 0 Å². The van der Waals surface area contributed by atoms with Gasteiger partial charge in [-0.25, -0.2) is 10.2 Å². The molecule has 0 bridgehead atoms. The van der Waals surface area contributed by atoms with Crippen molar-refractivity contribution in [1.82, 2.24) is 15.4 Å². The monoisotopic (exact) mass is 378 g/mol. The Morgan fingerprint density at radius 3 is 2.62 bits per heavy atom. The Kier molecular flexibility index (Phi) is 2.78. The third-order valence-corrected chi connectivity index (χ3v) is 5.04. The van der Waals surface area contributed by atoms with Crippen molar-refractivity contribution in [1.29, 1.82) is 0 Å². The highest BCUT2D eigenvalue weighted by molar-refractivity contribution is 9.10. The molecule has 6 heteroatoms. The standard InChI is InChI=1S/C18H11BrN4O/c19-10-3-1-9(2-4-10)15-11-5-6-13-17-14(22-23-21-13)8-7-12(16(11)17)20-18(15)24/h1-8,15,22-23H. The number of carbonyl (C=O) groups excluding carboxylic acids is 1. The molecule has 116 valence electrons. The van der Waals surface area contributed by atoms with Crippen LogP contribution in [-0.2, 0) is 4.79 Å². The molecule has 0 saturated carbocycles. The maximum absolute atomic E-state index is 12.7. The molecule has 1 atom stereocenters. The molecule has 1 aromatic heterocycles. The minimum Gasteiger partial charge on any atom is -0.284 e. The van der Waals surface area contributed by atoms with Crippen LogP contribution in [0, 0.1) is 0 Å². The second-order valence-corrected chi connectivity index (χ2v) is 6.76. The number of halogens is 1. The summed E-state index contributed by atoms with van der Waals surface area (Å²) >= 11 is 3.44. The number of aromatic nitrogens is 3. The van der Waals surface area contributed by atoms with E-state index in [1.54, 1.807) is 0 Å². The molecule has 0 saturated heterocycles. The van der Waals surface area contributed by atoms with Gasteiger partial charge in [-0.3, -0.25) is 9.89 Å². The van der Waals surface area contributed by atoms with Gasteiger partial charge in [0, 0.05) is 15.2 Å². The van der Waals surface area contributed by atoms with Gasteiger partial charge in [-0.2, -0.15) is 5.10 Å². The smallest absolute Gasteiger partial charge is 0.258 e. The van der Waals surface area contributed by atoms with Gasteiger partial charge in [-0.15, -0.1) is 0 Å². The van der Waals surface area contributed by atoms with E-state index in [-0.39, 0.29) is 11.8 Å². The largest absolute Gasteiger partial charge is 0.284 e. The molecule has 5 nitrogen and oxygen atoms in total. The summed E-state index contributed by atoms with van der Waals surface area (Å²) in [7, 11) is 0. The van der Waals surface area contributed by atoms with Crippen LogP contribution in [0.4, 0.5) is 0 Å². The van der Waals surface area contributed by atoms with Crippen molar-refractivity contribution < 1.29 is 4.79 Å². The second kappa shape index (κ2) is 4.88. The van der Waals surface area contributed by atoms with E-state index in [1.165, 1.54) is 0 Å². The fourth-order valence-electron chi connectivity index (χ4n) is 3.46. The van der Waals surface area contributed by atoms with E-state index >= 15 is 0 Å². The molecule has 24 heavy (non-hydrogen) atoms. The normalized spacial score (nSPS) is 16.5. The van der Waals surface area contributed by atoms with Gasteiger partial charge in [-0.1, -0.05) is 34.1 Å². The first-order valence-electron chi connectivity index (χ1n) is 7.55. The molecule has 1 unspecified atom stereocenters. The zero-order valence-electron chi connectivity index (χ0n) is 12.4. The third kappa shape index (κ3) is 1.83. The summed E-state index contributed by atoms with van der Waals surface area (Å²) < 4.78 is 0.984. The molecule has 4 aromatic rings. The molecule has 2 heterocycles. The second-order valence-electron chi connectivity index (χ2n) is 5.84. The Labute approximate surface area is 144 Å². The Hall–Kier alpha value is -2.73. The summed E-state index contributed by atoms with van der Waals surface area (Å²) in [4.78, 5) is 17.1. The van der Waals surface area contributed by atoms with E-state index in [4.69, 9.17) is 0 Å². The molecule has 3 aromatic carbocycles. The van der Waals surface area contributed by atoms with E-state index in [0.29, 0.717) is 5.36 Å². The van der Waals surface area contributed by atoms with Gasteiger partial charge in [-0.05, 0) is 41.5 Å². The topological polar surface area (TPSA) is 73.9 Å². The molecule has 1 amide bonds. The zero-order valence-corrected chi connectivity index (χ0v) is 14.0. The Bertz CT molecular complexity index is 1170. The highest BCUT2D eigenvalue weighted by atomic mass is 79.9. The van der Waals surface area contributed by atoms with Crippen LogP contribution in [0.2, 0.25) is 0 Å². The van der Waals surface area contributed by atoms with Gasteiger partial charge >= 0.3 is 0 Å². The van der Waals surface area contributed by atoms with E-state index in [0.717, 1.165) is 37.4 Å². The minimum absolute atomic E-state index is 0.133. The number of benzene rings is 3. The maximum Gasteiger partial charge on any atom is 0.258 e. The first-order valence-corrected chi connectivity index (χ1v) is 8.34. The molecule has 0 spiro atoms. The molecule has 0 aliphatic carbocycles. The van der Waals surface area contributed by atoms with Gasteiger partial charge in [0.05, 0.1) is 22.3 Å². The fourth-order valence-corrected chi connectivity index (χ4v) is 3.72. The summed E-state index contributed by atoms with van der Waals surface area (Å²) in [6.07, 6.45) is 0. The van der Waals surface area contributed by atoms with Crippen molar-refractivity contribution in [3.05, 3.63) is 69.5 Å². The lowest BCUT2D eigenvalue weighted by molar-refractivity contribution is -0.118. The van der Waals surface area contributed by atoms with Crippen LogP contribution in [0.25, 0.3) is 21.8 Å². The van der Waals surface area contributed by atoms with Crippen molar-refractivity contribution in [2.75, 3.05) is 0 Å². The van der Waals surface area contributed by atoms with Crippen LogP contribution < -0.4 is 5.36 Å². The molecule has 1 aliphatic heterocycles. The van der Waals surface area contributed by atoms with E-state index in [1.807, 2.05) is 48.5 Å². The first kappa shape index (κ1) is 13.7. The van der Waals surface area contributed by atoms with Gasteiger partial charge < -0.3 is 0 Å². The predicted molar refractivity (Wildman–Crippen MR) is 94.5 cm³/mol. The summed E-state index contributed by atoms with van der Waals surface area (Å²) in [6, 6.07) is 15.6. The Morgan fingerprint density at radius 2 is 1.79 bits per heavy atom. The maximum atomic E-state index is 12.7. The first-order chi connectivity index (χ1) is 11.7. The van der Waals surface area contributed by atoms with Crippen LogP contribution in [-0.4, -0.2) is 21.3 Å². The van der Waals surface area contributed by atoms with Crippen LogP contribution >= 0.6 is 15.9 Å². The highest BCUT2D eigenvalue weighted by Crippen LogP contribution is 2.35. The molecule has 5 rings (SSSR count). The van der Waals surface area contributed by atoms with Gasteiger partial charge in [0.15, 0.2) is 0 Å². The number of hydrogen-bond acceptors (Lipinski definition) is 2. The average Bonchev–Trinajstić information content (AvgIpc) is 2.60. The fraction of sp³-hybridized carbons (Fsp3) is 0.0556. The van der Waals surface area contributed by atoms with Crippen LogP contribution in [0.5, 0.6) is 0 Å². The number of rotatable bonds is 1. The number of nitrogens with one attached hydrogen (secondary N) is 2. The van der Waals surface area contributed by atoms with Crippen molar-refractivity contribution in [2.24, 2.45) is 4.99 Å². The molecular formula is C18H11BrN4O. The number of nitrogens with zero attached hydrogens (tertiary/aromatic N) is 2. The van der Waals surface area contributed by atoms with Crippen molar-refractivity contribution in [3.8, 4) is 0 Å². The third-order valence-electron chi connectivity index (χ3n) is 4.51. The average molecular weight is 379 g/mol. The zero-order chi connectivity index (χ0) is 16.3. The van der Waals surface area contributed by atoms with Crippen molar-refractivity contribution in [2.45, 2.75) is 5.92 Å². The quantitative estimate of drug-likeness (QED) is 0.532. The number of carbonyl (C=O) groups is 1. The van der Waals surface area contributed by atoms with Gasteiger partial charge in [0.25, 0.3) is 5.91 Å². The van der Waals surface area contributed by atoms with Crippen LogP contribution in [0.3, 0.4) is 0 Å². The Balaban J connectivity index is 1.90. The number of amides is 1. The number of aromatic amines is 2. The van der Waals surface area contributed by atoms with E-state index in [9.17, 15) is 4.79 Å². The Morgan fingerprint density at radius 1 is 0.958 bits per heavy atom. The van der Waals surface area contributed by atoms with Crippen LogP contribution in [0.15, 0.2) is 58.0 Å². The summed E-state index contributed by atoms with van der Waals surface area (Å²) in [5.74, 6) is -0.517. The van der Waals surface area contributed by atoms with E-state index < -0.39 is 0 Å². The van der Waals surface area contributed by atoms with Crippen LogP contribution in [0.1, 0.15) is 17.0 Å². The lowest BCUT2D eigenvalue weighted by Gasteiger charge is -2.21. The van der Waals surface area contributed by atoms with Gasteiger partial charge in [0.1, 0.15) is 0 Å². The van der Waals surface area contributed by atoms with Gasteiger partial charge in [0.2, 0.25) is 0 Å². The minimum atomic E-state index is -0.384. The summed E-state index contributed by atoms with van der Waals surface area (Å²) in [5, 5.41) is 12.9. The summed E-state index contributed by atoms with van der Waals surface area (Å²) in [5.41, 5.74) is 3.71. The molecule has 0 radical (unpaired) electrons. The SMILES string of the molecule is O=C1N=c2ccc3[nH][nH]nc4ccc(c2c43)C1c1ccc(Br)cc1. The van der Waals surface area contributed by atoms with E-state index in [2.05, 4.69) is 36.3 Å². The summed E-state index contributed by atoms with van der Waals surface area (Å²) in [6.45, 7) is 0.